The Hall–Kier alpha value is -1.64. The molecule has 7 nitrogen and oxygen atoms in total. The largest absolute Gasteiger partial charge is 0.343 e. The monoisotopic (exact) mass is 410 g/mol. The molecule has 2 N–H and O–H groups in total. The Kier molecular flexibility index (Phi) is 4.68. The molecule has 1 aromatic carbocycles. The molecule has 1 spiro atoms. The molecule has 1 aromatic heterocycles. The average Bonchev–Trinajstić information content (AvgIpc) is 3.06. The molecule has 146 valence electrons. The van der Waals surface area contributed by atoms with Crippen LogP contribution in [0.1, 0.15) is 31.5 Å². The number of nitrogens with zero attached hydrogens (tertiary/aromatic N) is 2. The Morgan fingerprint density at radius 1 is 1.41 bits per heavy atom. The number of rotatable bonds is 5. The Labute approximate surface area is 163 Å². The van der Waals surface area contributed by atoms with Crippen LogP contribution < -0.4 is 4.72 Å². The summed E-state index contributed by atoms with van der Waals surface area (Å²) in [6, 6.07) is 5.52. The van der Waals surface area contributed by atoms with Crippen molar-refractivity contribution in [1.29, 1.82) is 0 Å². The summed E-state index contributed by atoms with van der Waals surface area (Å²) >= 11 is 5.98. The van der Waals surface area contributed by atoms with Gasteiger partial charge in [0.15, 0.2) is 0 Å². The summed E-state index contributed by atoms with van der Waals surface area (Å²) in [5.74, 6) is 0.908. The second-order valence-corrected chi connectivity index (χ2v) is 9.95. The maximum Gasteiger partial charge on any atom is 0.223 e. The van der Waals surface area contributed by atoms with Gasteiger partial charge in [-0.25, -0.2) is 18.1 Å². The van der Waals surface area contributed by atoms with Gasteiger partial charge in [-0.3, -0.25) is 4.79 Å². The van der Waals surface area contributed by atoms with Gasteiger partial charge in [0.1, 0.15) is 5.82 Å². The average molecular weight is 411 g/mol. The number of hydrogen-bond acceptors (Lipinski definition) is 4. The number of halogens is 1. The summed E-state index contributed by atoms with van der Waals surface area (Å²) in [5.41, 5.74) is 1.78. The normalized spacial score (nSPS) is 21.7. The number of hydrogen-bond donors (Lipinski definition) is 2. The van der Waals surface area contributed by atoms with Gasteiger partial charge in [-0.1, -0.05) is 11.6 Å². The molecule has 1 unspecified atom stereocenters. The highest BCUT2D eigenvalue weighted by Crippen LogP contribution is 2.54. The van der Waals surface area contributed by atoms with E-state index in [-0.39, 0.29) is 17.4 Å². The first-order chi connectivity index (χ1) is 12.7. The van der Waals surface area contributed by atoms with Crippen molar-refractivity contribution in [2.75, 3.05) is 19.3 Å². The summed E-state index contributed by atoms with van der Waals surface area (Å²) in [6.07, 6.45) is 4.76. The molecule has 1 saturated heterocycles. The highest BCUT2D eigenvalue weighted by Gasteiger charge is 2.56. The zero-order valence-electron chi connectivity index (χ0n) is 15.2. The molecule has 2 heterocycles. The van der Waals surface area contributed by atoms with E-state index in [0.717, 1.165) is 36.1 Å². The smallest absolute Gasteiger partial charge is 0.223 e. The van der Waals surface area contributed by atoms with Gasteiger partial charge in [0, 0.05) is 37.0 Å². The number of carbonyl (C=O) groups excluding carboxylic acids is 1. The summed E-state index contributed by atoms with van der Waals surface area (Å²) in [7, 11) is -3.17. The highest BCUT2D eigenvalue weighted by atomic mass is 35.5. The number of aryl methyl sites for hydroxylation is 1. The second-order valence-electron chi connectivity index (χ2n) is 7.73. The number of carbonyl (C=O) groups is 1. The number of likely N-dealkylation sites (tertiary alicyclic amines) is 1. The maximum absolute atomic E-state index is 12.5. The highest BCUT2D eigenvalue weighted by molar-refractivity contribution is 7.88. The van der Waals surface area contributed by atoms with Gasteiger partial charge in [0.25, 0.3) is 0 Å². The van der Waals surface area contributed by atoms with Crippen LogP contribution in [-0.4, -0.2) is 54.6 Å². The molecule has 9 heteroatoms. The summed E-state index contributed by atoms with van der Waals surface area (Å²) in [5, 5.41) is 0.653. The van der Waals surface area contributed by atoms with Crippen LogP contribution in [0, 0.1) is 5.41 Å². The molecule has 1 aliphatic heterocycles. The van der Waals surface area contributed by atoms with Gasteiger partial charge >= 0.3 is 0 Å². The minimum absolute atomic E-state index is 0.0344. The lowest BCUT2D eigenvalue weighted by Crippen LogP contribution is -2.41. The van der Waals surface area contributed by atoms with E-state index in [9.17, 15) is 13.2 Å². The van der Waals surface area contributed by atoms with E-state index in [2.05, 4.69) is 14.7 Å². The van der Waals surface area contributed by atoms with Crippen molar-refractivity contribution in [3.63, 3.8) is 0 Å². The number of nitrogens with one attached hydrogen (secondary N) is 2. The van der Waals surface area contributed by atoms with Crippen molar-refractivity contribution in [2.45, 2.75) is 38.1 Å². The molecule has 0 bridgehead atoms. The van der Waals surface area contributed by atoms with E-state index in [1.807, 2.05) is 17.0 Å². The van der Waals surface area contributed by atoms with Crippen LogP contribution in [0.3, 0.4) is 0 Å². The van der Waals surface area contributed by atoms with Crippen molar-refractivity contribution in [3.05, 3.63) is 29.0 Å². The van der Waals surface area contributed by atoms with E-state index in [0.29, 0.717) is 31.0 Å². The molecule has 0 radical (unpaired) electrons. The Balaban J connectivity index is 1.28. The fourth-order valence-corrected chi connectivity index (χ4v) is 5.09. The number of aromatic nitrogens is 2. The van der Waals surface area contributed by atoms with E-state index < -0.39 is 10.0 Å². The summed E-state index contributed by atoms with van der Waals surface area (Å²) in [4.78, 5) is 22.1. The third-order valence-electron chi connectivity index (χ3n) is 5.73. The lowest BCUT2D eigenvalue weighted by Gasteiger charge is -2.33. The number of sulfonamides is 1. The fourth-order valence-electron chi connectivity index (χ4n) is 4.06. The molecule has 1 amide bonds. The first-order valence-electron chi connectivity index (χ1n) is 9.13. The summed E-state index contributed by atoms with van der Waals surface area (Å²) in [6.45, 7) is 1.38. The number of aromatic amines is 1. The fraction of sp³-hybridized carbons (Fsp3) is 0.556. The number of H-pyrrole nitrogens is 1. The van der Waals surface area contributed by atoms with Gasteiger partial charge < -0.3 is 9.88 Å². The topological polar surface area (TPSA) is 95.2 Å². The van der Waals surface area contributed by atoms with E-state index in [4.69, 9.17) is 11.6 Å². The number of benzene rings is 1. The van der Waals surface area contributed by atoms with E-state index >= 15 is 0 Å². The van der Waals surface area contributed by atoms with Crippen LogP contribution in [0.15, 0.2) is 18.2 Å². The zero-order valence-corrected chi connectivity index (χ0v) is 16.7. The lowest BCUT2D eigenvalue weighted by molar-refractivity contribution is -0.132. The Morgan fingerprint density at radius 2 is 2.15 bits per heavy atom. The molecule has 2 aromatic rings. The molecular formula is C18H23ClN4O3S. The van der Waals surface area contributed by atoms with Crippen LogP contribution in [0.5, 0.6) is 0 Å². The Bertz CT molecular complexity index is 980. The molecule has 1 atom stereocenters. The van der Waals surface area contributed by atoms with Gasteiger partial charge in [-0.2, -0.15) is 0 Å². The minimum atomic E-state index is -3.17. The van der Waals surface area contributed by atoms with E-state index in [1.54, 1.807) is 6.07 Å². The van der Waals surface area contributed by atoms with Crippen LogP contribution in [0.25, 0.3) is 11.0 Å². The van der Waals surface area contributed by atoms with Crippen molar-refractivity contribution in [3.8, 4) is 0 Å². The number of piperidine rings is 1. The zero-order chi connectivity index (χ0) is 19.2. The predicted octanol–water partition coefficient (Wildman–Crippen LogP) is 2.08. The standard InChI is InChI=1S/C18H23ClN4O3S/c1-27(25,26)22-15-11-18(15)6-8-23(9-7-18)17(24)5-4-16-20-13-3-2-12(19)10-14(13)21-16/h2-3,10,15,22H,4-9,11H2,1H3,(H,20,21). The molecule has 27 heavy (non-hydrogen) atoms. The van der Waals surface area contributed by atoms with Crippen molar-refractivity contribution in [1.82, 2.24) is 19.6 Å². The predicted molar refractivity (Wildman–Crippen MR) is 104 cm³/mol. The van der Waals surface area contributed by atoms with Crippen LogP contribution >= 0.6 is 11.6 Å². The minimum Gasteiger partial charge on any atom is -0.343 e. The third-order valence-corrected chi connectivity index (χ3v) is 6.67. The third kappa shape index (κ3) is 4.12. The molecule has 1 saturated carbocycles. The lowest BCUT2D eigenvalue weighted by atomic mass is 9.92. The first kappa shape index (κ1) is 18.7. The van der Waals surface area contributed by atoms with Crippen LogP contribution in [0.4, 0.5) is 0 Å². The summed E-state index contributed by atoms with van der Waals surface area (Å²) < 4.78 is 25.5. The molecule has 4 rings (SSSR count). The molecule has 2 aliphatic rings. The second kappa shape index (κ2) is 6.76. The maximum atomic E-state index is 12.5. The molecule has 2 fully saturated rings. The first-order valence-corrected chi connectivity index (χ1v) is 11.4. The Morgan fingerprint density at radius 3 is 2.85 bits per heavy atom. The number of fused-ring (bicyclic) bond motifs is 1. The quantitative estimate of drug-likeness (QED) is 0.788. The number of amides is 1. The van der Waals surface area contributed by atoms with Crippen molar-refractivity contribution in [2.24, 2.45) is 5.41 Å². The number of imidazole rings is 1. The van der Waals surface area contributed by atoms with E-state index in [1.165, 1.54) is 6.26 Å². The van der Waals surface area contributed by atoms with Gasteiger partial charge in [0.05, 0.1) is 17.3 Å². The van der Waals surface area contributed by atoms with Crippen LogP contribution in [-0.2, 0) is 21.2 Å². The van der Waals surface area contributed by atoms with Gasteiger partial charge in [-0.15, -0.1) is 0 Å². The van der Waals surface area contributed by atoms with Gasteiger partial charge in [0.2, 0.25) is 15.9 Å². The van der Waals surface area contributed by atoms with Crippen molar-refractivity contribution >= 4 is 38.6 Å². The van der Waals surface area contributed by atoms with Crippen molar-refractivity contribution < 1.29 is 13.2 Å². The van der Waals surface area contributed by atoms with Crippen LogP contribution in [0.2, 0.25) is 5.02 Å². The molecular weight excluding hydrogens is 388 g/mol. The SMILES string of the molecule is CS(=O)(=O)NC1CC12CCN(C(=O)CCc1nc3ccc(Cl)cc3[nH]1)CC2. The van der Waals surface area contributed by atoms with Gasteiger partial charge in [-0.05, 0) is 42.9 Å². The molecule has 1 aliphatic carbocycles.